The molecule has 6 rings (SSSR count). The molecule has 2 saturated heterocycles. The van der Waals surface area contributed by atoms with Crippen LogP contribution in [0.1, 0.15) is 36.8 Å². The lowest BCUT2D eigenvalue weighted by atomic mass is 9.99. The summed E-state index contributed by atoms with van der Waals surface area (Å²) in [5, 5.41) is 13.7. The molecular formula is C36H38Cl2N6O4. The lowest BCUT2D eigenvalue weighted by Gasteiger charge is -2.16. The maximum Gasteiger partial charge on any atom is 0.220 e. The highest BCUT2D eigenvalue weighted by atomic mass is 35.5. The van der Waals surface area contributed by atoms with Gasteiger partial charge in [-0.1, -0.05) is 47.5 Å². The summed E-state index contributed by atoms with van der Waals surface area (Å²) in [4.78, 5) is 32.5. The van der Waals surface area contributed by atoms with Crippen LogP contribution in [0.15, 0.2) is 60.8 Å². The van der Waals surface area contributed by atoms with Crippen molar-refractivity contribution in [3.05, 3.63) is 82.0 Å². The molecule has 2 aromatic carbocycles. The van der Waals surface area contributed by atoms with Crippen LogP contribution in [0, 0.1) is 0 Å². The third kappa shape index (κ3) is 7.73. The Morgan fingerprint density at radius 1 is 0.812 bits per heavy atom. The van der Waals surface area contributed by atoms with Crippen LogP contribution in [0.3, 0.4) is 0 Å². The topological polar surface area (TPSA) is 126 Å². The molecule has 48 heavy (non-hydrogen) atoms. The fraction of sp³-hybridized carbons (Fsp3) is 0.333. The van der Waals surface area contributed by atoms with E-state index in [2.05, 4.69) is 26.3 Å². The number of nitrogens with zero attached hydrogens (tertiary/aromatic N) is 2. The van der Waals surface area contributed by atoms with Gasteiger partial charge in [-0.3, -0.25) is 14.6 Å². The highest BCUT2D eigenvalue weighted by Crippen LogP contribution is 2.42. The largest absolute Gasteiger partial charge is 0.497 e. The Hall–Kier alpha value is -4.22. The zero-order valence-corrected chi connectivity index (χ0v) is 28.4. The highest BCUT2D eigenvalue weighted by Gasteiger charge is 2.22. The number of aromatic nitrogens is 2. The zero-order chi connectivity index (χ0) is 33.6. The van der Waals surface area contributed by atoms with Crippen molar-refractivity contribution >= 4 is 35.0 Å². The van der Waals surface area contributed by atoms with Crippen molar-refractivity contribution in [1.82, 2.24) is 31.2 Å². The molecule has 250 valence electrons. The van der Waals surface area contributed by atoms with Crippen LogP contribution in [-0.2, 0) is 22.7 Å². The first-order chi connectivity index (χ1) is 23.3. The van der Waals surface area contributed by atoms with Crippen molar-refractivity contribution in [2.45, 2.75) is 50.9 Å². The molecular weight excluding hydrogens is 651 g/mol. The van der Waals surface area contributed by atoms with Gasteiger partial charge in [-0.05, 0) is 48.7 Å². The summed E-state index contributed by atoms with van der Waals surface area (Å²) in [5.74, 6) is 1.38. The standard InChI is InChI=1S/C36H38Cl2N6O4/c1-47-26-15-21(17-39-19-24-7-10-31(45)42-24)14-23(16-26)35-34(38)28(12-13-41-35)27-4-3-5-29(33(27)37)30-9-6-22(36(44-30)48-2)18-40-20-25-8-11-32(46)43-25/h3-6,9,12-16,24-25,39-40H,7-8,10-11,17-20H2,1-2H3,(H,42,45)(H,43,46)/t24-,25+/m0/s1. The number of hydrogen-bond acceptors (Lipinski definition) is 8. The van der Waals surface area contributed by atoms with Crippen molar-refractivity contribution in [3.8, 4) is 45.3 Å². The summed E-state index contributed by atoms with van der Waals surface area (Å²) >= 11 is 14.2. The van der Waals surface area contributed by atoms with Crippen molar-refractivity contribution in [1.29, 1.82) is 0 Å². The monoisotopic (exact) mass is 688 g/mol. The molecule has 4 N–H and O–H groups in total. The van der Waals surface area contributed by atoms with Gasteiger partial charge in [-0.2, -0.15) is 0 Å². The Morgan fingerprint density at radius 3 is 2.17 bits per heavy atom. The third-order valence-electron chi connectivity index (χ3n) is 8.66. The predicted molar refractivity (Wildman–Crippen MR) is 187 cm³/mol. The third-order valence-corrected chi connectivity index (χ3v) is 9.45. The summed E-state index contributed by atoms with van der Waals surface area (Å²) in [6, 6.07) is 17.7. The van der Waals surface area contributed by atoms with E-state index in [0.717, 1.165) is 46.2 Å². The molecule has 2 amide bonds. The lowest BCUT2D eigenvalue weighted by Crippen LogP contribution is -2.35. The minimum atomic E-state index is 0.0973. The molecule has 0 spiro atoms. The van der Waals surface area contributed by atoms with Gasteiger partial charge in [-0.25, -0.2) is 4.98 Å². The normalized spacial score (nSPS) is 17.3. The number of nitrogens with one attached hydrogen (secondary N) is 4. The van der Waals surface area contributed by atoms with Gasteiger partial charge < -0.3 is 30.7 Å². The second kappa shape index (κ2) is 15.3. The molecule has 10 nitrogen and oxygen atoms in total. The van der Waals surface area contributed by atoms with E-state index in [9.17, 15) is 9.59 Å². The van der Waals surface area contributed by atoms with Crippen LogP contribution in [0.5, 0.6) is 11.6 Å². The molecule has 0 bridgehead atoms. The van der Waals surface area contributed by atoms with E-state index in [1.807, 2.05) is 54.6 Å². The number of benzene rings is 2. The molecule has 2 aliphatic rings. The fourth-order valence-corrected chi connectivity index (χ4v) is 6.82. The van der Waals surface area contributed by atoms with Crippen LogP contribution in [0.2, 0.25) is 10.0 Å². The number of carbonyl (C=O) groups is 2. The Morgan fingerprint density at radius 2 is 1.50 bits per heavy atom. The number of carbonyl (C=O) groups excluding carboxylic acids is 2. The number of ether oxygens (including phenoxy) is 2. The first kappa shape index (κ1) is 33.7. The van der Waals surface area contributed by atoms with Gasteiger partial charge in [0.05, 0.1) is 35.7 Å². The predicted octanol–water partition coefficient (Wildman–Crippen LogP) is 5.54. The second-order valence-corrected chi connectivity index (χ2v) is 12.7. The number of amides is 2. The molecule has 2 aliphatic heterocycles. The Kier molecular flexibility index (Phi) is 10.8. The van der Waals surface area contributed by atoms with Gasteiger partial charge in [0.25, 0.3) is 0 Å². The van der Waals surface area contributed by atoms with E-state index in [1.54, 1.807) is 20.4 Å². The van der Waals surface area contributed by atoms with Crippen molar-refractivity contribution in [3.63, 3.8) is 0 Å². The summed E-state index contributed by atoms with van der Waals surface area (Å²) in [5.41, 5.74) is 6.20. The maximum atomic E-state index is 11.6. The zero-order valence-electron chi connectivity index (χ0n) is 26.9. The second-order valence-electron chi connectivity index (χ2n) is 12.0. The van der Waals surface area contributed by atoms with E-state index >= 15 is 0 Å². The van der Waals surface area contributed by atoms with E-state index in [1.165, 1.54) is 0 Å². The first-order valence-electron chi connectivity index (χ1n) is 16.0. The van der Waals surface area contributed by atoms with Crippen molar-refractivity contribution in [2.24, 2.45) is 0 Å². The van der Waals surface area contributed by atoms with E-state index < -0.39 is 0 Å². The summed E-state index contributed by atoms with van der Waals surface area (Å²) < 4.78 is 11.3. The van der Waals surface area contributed by atoms with Gasteiger partial charge >= 0.3 is 0 Å². The average molecular weight is 690 g/mol. The van der Waals surface area contributed by atoms with Crippen molar-refractivity contribution in [2.75, 3.05) is 27.3 Å². The number of rotatable bonds is 13. The molecule has 2 aromatic heterocycles. The molecule has 4 aromatic rings. The van der Waals surface area contributed by atoms with Crippen LogP contribution in [0.25, 0.3) is 33.6 Å². The smallest absolute Gasteiger partial charge is 0.220 e. The molecule has 2 fully saturated rings. The summed E-state index contributed by atoms with van der Waals surface area (Å²) in [6.45, 7) is 2.50. The minimum absolute atomic E-state index is 0.0973. The fourth-order valence-electron chi connectivity index (χ4n) is 6.17. The van der Waals surface area contributed by atoms with E-state index in [-0.39, 0.29) is 23.9 Å². The highest BCUT2D eigenvalue weighted by molar-refractivity contribution is 6.39. The number of pyridine rings is 2. The summed E-state index contributed by atoms with van der Waals surface area (Å²) in [7, 11) is 3.22. The van der Waals surface area contributed by atoms with Crippen LogP contribution < -0.4 is 30.7 Å². The molecule has 0 saturated carbocycles. The summed E-state index contributed by atoms with van der Waals surface area (Å²) in [6.07, 6.45) is 4.53. The van der Waals surface area contributed by atoms with Crippen LogP contribution >= 0.6 is 23.2 Å². The van der Waals surface area contributed by atoms with Gasteiger partial charge in [0, 0.05) is 85.1 Å². The quantitative estimate of drug-likeness (QED) is 0.144. The Bertz CT molecular complexity index is 1820. The van der Waals surface area contributed by atoms with E-state index in [0.29, 0.717) is 72.1 Å². The molecule has 0 unspecified atom stereocenters. The number of hydrogen-bond donors (Lipinski definition) is 4. The number of halogens is 2. The van der Waals surface area contributed by atoms with Crippen LogP contribution in [0.4, 0.5) is 0 Å². The molecule has 0 radical (unpaired) electrons. The van der Waals surface area contributed by atoms with Crippen molar-refractivity contribution < 1.29 is 19.1 Å². The molecule has 12 heteroatoms. The molecule has 2 atom stereocenters. The van der Waals surface area contributed by atoms with Gasteiger partial charge in [0.15, 0.2) is 0 Å². The van der Waals surface area contributed by atoms with Crippen LogP contribution in [-0.4, -0.2) is 61.2 Å². The number of methoxy groups -OCH3 is 2. The maximum absolute atomic E-state index is 11.6. The van der Waals surface area contributed by atoms with Gasteiger partial charge in [0.1, 0.15) is 5.75 Å². The average Bonchev–Trinajstić information content (AvgIpc) is 3.71. The Balaban J connectivity index is 1.23. The minimum Gasteiger partial charge on any atom is -0.497 e. The SMILES string of the molecule is COc1cc(CNC[C@@H]2CCC(=O)N2)cc(-c2nccc(-c3cccc(-c4ccc(CNC[C@H]5CCC(=O)N5)c(OC)n4)c3Cl)c2Cl)c1. The molecule has 4 heterocycles. The van der Waals surface area contributed by atoms with Gasteiger partial charge in [-0.15, -0.1) is 0 Å². The Labute approximate surface area is 289 Å². The van der Waals surface area contributed by atoms with E-state index in [4.69, 9.17) is 37.7 Å². The molecule has 0 aliphatic carbocycles. The van der Waals surface area contributed by atoms with Gasteiger partial charge in [0.2, 0.25) is 17.7 Å². The first-order valence-corrected chi connectivity index (χ1v) is 16.7. The lowest BCUT2D eigenvalue weighted by molar-refractivity contribution is -0.120.